The summed E-state index contributed by atoms with van der Waals surface area (Å²) >= 11 is 0. The number of nitrogens with zero attached hydrogens (tertiary/aromatic N) is 2. The van der Waals surface area contributed by atoms with Gasteiger partial charge in [0.2, 0.25) is 0 Å². The molecule has 0 aliphatic carbocycles. The maximum atomic E-state index is 13.1. The third kappa shape index (κ3) is 2.46. The van der Waals surface area contributed by atoms with Gasteiger partial charge in [0.25, 0.3) is 21.8 Å². The van der Waals surface area contributed by atoms with E-state index >= 15 is 0 Å². The molecule has 0 aromatic heterocycles. The maximum absolute atomic E-state index is 13.1. The molecule has 0 spiro atoms. The topological polar surface area (TPSA) is 86.8 Å². The number of benzene rings is 1. The molecular formula is C18H23N3O4S. The minimum absolute atomic E-state index is 0.0534. The normalized spacial score (nSPS) is 27.0. The molecule has 3 aliphatic heterocycles. The van der Waals surface area contributed by atoms with Gasteiger partial charge in [-0.05, 0) is 57.9 Å². The van der Waals surface area contributed by atoms with Crippen LogP contribution in [0.5, 0.6) is 0 Å². The number of carbonyl (C=O) groups excluding carboxylic acids is 2. The molecule has 2 amide bonds. The van der Waals surface area contributed by atoms with E-state index in [1.54, 1.807) is 19.9 Å². The van der Waals surface area contributed by atoms with E-state index in [0.717, 1.165) is 36.7 Å². The van der Waals surface area contributed by atoms with Crippen molar-refractivity contribution in [3.05, 3.63) is 29.3 Å². The summed E-state index contributed by atoms with van der Waals surface area (Å²) in [6, 6.07) is 4.31. The lowest BCUT2D eigenvalue weighted by Gasteiger charge is -2.28. The fourth-order valence-corrected chi connectivity index (χ4v) is 6.15. The Morgan fingerprint density at radius 1 is 1.19 bits per heavy atom. The van der Waals surface area contributed by atoms with E-state index in [0.29, 0.717) is 5.56 Å². The monoisotopic (exact) mass is 377 g/mol. The minimum Gasteiger partial charge on any atom is -0.331 e. The van der Waals surface area contributed by atoms with Gasteiger partial charge in [-0.15, -0.1) is 0 Å². The molecule has 1 aromatic rings. The van der Waals surface area contributed by atoms with Crippen LogP contribution in [-0.2, 0) is 10.0 Å². The summed E-state index contributed by atoms with van der Waals surface area (Å²) in [7, 11) is -3.90. The predicted octanol–water partition coefficient (Wildman–Crippen LogP) is 1.21. The lowest BCUT2D eigenvalue weighted by molar-refractivity contribution is 0.0679. The summed E-state index contributed by atoms with van der Waals surface area (Å²) < 4.78 is 26.4. The van der Waals surface area contributed by atoms with Crippen molar-refractivity contribution in [3.63, 3.8) is 0 Å². The third-order valence-corrected chi connectivity index (χ3v) is 7.55. The van der Waals surface area contributed by atoms with Crippen molar-refractivity contribution in [1.82, 2.24) is 14.5 Å². The third-order valence-electron chi connectivity index (χ3n) is 5.55. The quantitative estimate of drug-likeness (QED) is 0.837. The Bertz CT molecular complexity index is 866. The molecule has 7 nitrogen and oxygen atoms in total. The molecule has 2 fully saturated rings. The van der Waals surface area contributed by atoms with E-state index in [-0.39, 0.29) is 28.4 Å². The van der Waals surface area contributed by atoms with Crippen molar-refractivity contribution in [3.8, 4) is 0 Å². The highest BCUT2D eigenvalue weighted by molar-refractivity contribution is 7.90. The average molecular weight is 377 g/mol. The van der Waals surface area contributed by atoms with Crippen LogP contribution in [0.15, 0.2) is 23.1 Å². The zero-order chi connectivity index (χ0) is 18.6. The van der Waals surface area contributed by atoms with Crippen molar-refractivity contribution >= 4 is 21.8 Å². The van der Waals surface area contributed by atoms with Crippen LogP contribution < -0.4 is 5.32 Å². The van der Waals surface area contributed by atoms with Gasteiger partial charge >= 0.3 is 0 Å². The van der Waals surface area contributed by atoms with E-state index in [4.69, 9.17) is 0 Å². The zero-order valence-electron chi connectivity index (χ0n) is 14.9. The van der Waals surface area contributed by atoms with Gasteiger partial charge in [-0.1, -0.05) is 0 Å². The molecular weight excluding hydrogens is 354 g/mol. The molecule has 140 valence electrons. The number of rotatable bonds is 2. The second-order valence-corrected chi connectivity index (χ2v) is 9.28. The zero-order valence-corrected chi connectivity index (χ0v) is 15.8. The summed E-state index contributed by atoms with van der Waals surface area (Å²) in [6.45, 7) is 4.98. The Kier molecular flexibility index (Phi) is 4.07. The van der Waals surface area contributed by atoms with E-state index < -0.39 is 22.0 Å². The second-order valence-electron chi connectivity index (χ2n) is 7.50. The van der Waals surface area contributed by atoms with Gasteiger partial charge in [-0.3, -0.25) is 9.59 Å². The van der Waals surface area contributed by atoms with Gasteiger partial charge in [0.15, 0.2) is 0 Å². The Morgan fingerprint density at radius 2 is 1.92 bits per heavy atom. The summed E-state index contributed by atoms with van der Waals surface area (Å²) in [6.07, 6.45) is 2.86. The van der Waals surface area contributed by atoms with Crippen LogP contribution in [0.1, 0.15) is 53.8 Å². The van der Waals surface area contributed by atoms with Crippen molar-refractivity contribution < 1.29 is 18.0 Å². The molecule has 3 aliphatic rings. The molecule has 1 N–H and O–H groups in total. The number of hydrogen-bond acceptors (Lipinski definition) is 5. The van der Waals surface area contributed by atoms with Crippen LogP contribution in [0.4, 0.5) is 0 Å². The Hall–Kier alpha value is -1.93. The lowest BCUT2D eigenvalue weighted by atomic mass is 10.1. The Morgan fingerprint density at radius 3 is 2.65 bits per heavy atom. The van der Waals surface area contributed by atoms with Crippen molar-refractivity contribution in [2.75, 3.05) is 13.1 Å². The van der Waals surface area contributed by atoms with Crippen LogP contribution in [0.25, 0.3) is 0 Å². The fourth-order valence-electron chi connectivity index (χ4n) is 4.35. The first-order chi connectivity index (χ1) is 12.3. The molecule has 4 rings (SSSR count). The first-order valence-corrected chi connectivity index (χ1v) is 10.5. The second kappa shape index (κ2) is 6.06. The van der Waals surface area contributed by atoms with Crippen molar-refractivity contribution in [1.29, 1.82) is 0 Å². The summed E-state index contributed by atoms with van der Waals surface area (Å²) in [5.41, 5.74) is 0.486. The molecule has 8 heteroatoms. The molecule has 26 heavy (non-hydrogen) atoms. The lowest BCUT2D eigenvalue weighted by Crippen LogP contribution is -2.42. The molecule has 0 radical (unpaired) electrons. The van der Waals surface area contributed by atoms with Crippen LogP contribution in [-0.4, -0.2) is 60.7 Å². The Labute approximate surface area is 153 Å². The molecule has 2 saturated heterocycles. The number of hydrogen-bond donors (Lipinski definition) is 1. The summed E-state index contributed by atoms with van der Waals surface area (Å²) in [4.78, 5) is 27.4. The molecule has 2 bridgehead atoms. The standard InChI is InChI=1S/C18H23N3O4S/c1-11(2)21-18(23)15-6-3-12(9-16(15)26(21,24)25)17(22)20-13-4-5-14(20)10-19-8-7-13/h3,6,9,11,13-14,19H,4-5,7-8,10H2,1-2H3. The number of nitrogens with one attached hydrogen (secondary N) is 1. The highest BCUT2D eigenvalue weighted by Crippen LogP contribution is 2.34. The summed E-state index contributed by atoms with van der Waals surface area (Å²) in [5, 5.41) is 3.35. The van der Waals surface area contributed by atoms with Crippen molar-refractivity contribution in [2.45, 2.75) is 56.1 Å². The molecule has 1 aromatic carbocycles. The number of amides is 2. The number of sulfonamides is 1. The van der Waals surface area contributed by atoms with Crippen LogP contribution in [0, 0.1) is 0 Å². The average Bonchev–Trinajstić information content (AvgIpc) is 2.96. The summed E-state index contributed by atoms with van der Waals surface area (Å²) in [5.74, 6) is -0.664. The van der Waals surface area contributed by atoms with Crippen LogP contribution >= 0.6 is 0 Å². The largest absolute Gasteiger partial charge is 0.331 e. The molecule has 0 saturated carbocycles. The van der Waals surface area contributed by atoms with Gasteiger partial charge < -0.3 is 10.2 Å². The smallest absolute Gasteiger partial charge is 0.269 e. The van der Waals surface area contributed by atoms with Gasteiger partial charge in [0.1, 0.15) is 4.90 Å². The van der Waals surface area contributed by atoms with E-state index in [1.165, 1.54) is 12.1 Å². The molecule has 3 heterocycles. The predicted molar refractivity (Wildman–Crippen MR) is 95.4 cm³/mol. The first-order valence-electron chi connectivity index (χ1n) is 9.08. The first kappa shape index (κ1) is 17.5. The number of carbonyl (C=O) groups is 2. The van der Waals surface area contributed by atoms with Gasteiger partial charge in [0.05, 0.1) is 5.56 Å². The Balaban J connectivity index is 1.72. The van der Waals surface area contributed by atoms with Gasteiger partial charge in [0, 0.05) is 30.2 Å². The maximum Gasteiger partial charge on any atom is 0.269 e. The SMILES string of the molecule is CC(C)N1C(=O)c2ccc(C(=O)N3C4CCNCC3CC4)cc2S1(=O)=O. The van der Waals surface area contributed by atoms with Crippen LogP contribution in [0.2, 0.25) is 0 Å². The molecule has 2 unspecified atom stereocenters. The van der Waals surface area contributed by atoms with E-state index in [2.05, 4.69) is 5.32 Å². The molecule has 2 atom stereocenters. The van der Waals surface area contributed by atoms with E-state index in [1.807, 2.05) is 4.90 Å². The van der Waals surface area contributed by atoms with Crippen molar-refractivity contribution in [2.24, 2.45) is 0 Å². The minimum atomic E-state index is -3.90. The fraction of sp³-hybridized carbons (Fsp3) is 0.556. The van der Waals surface area contributed by atoms with Gasteiger partial charge in [-0.25, -0.2) is 12.7 Å². The number of fused-ring (bicyclic) bond motifs is 3. The highest BCUT2D eigenvalue weighted by atomic mass is 32.2. The van der Waals surface area contributed by atoms with Gasteiger partial charge in [-0.2, -0.15) is 0 Å². The van der Waals surface area contributed by atoms with Crippen LogP contribution in [0.3, 0.4) is 0 Å². The highest BCUT2D eigenvalue weighted by Gasteiger charge is 2.44. The van der Waals surface area contributed by atoms with E-state index in [9.17, 15) is 18.0 Å².